The number of benzene rings is 2. The van der Waals surface area contributed by atoms with E-state index in [1.165, 1.54) is 22.5 Å². The highest BCUT2D eigenvalue weighted by Gasteiger charge is 2.26. The van der Waals surface area contributed by atoms with Gasteiger partial charge in [-0.2, -0.15) is 0 Å². The molecule has 1 saturated heterocycles. The molecule has 0 spiro atoms. The Morgan fingerprint density at radius 3 is 2.62 bits per heavy atom. The normalized spacial score (nSPS) is 14.5. The van der Waals surface area contributed by atoms with Crippen molar-refractivity contribution in [3.8, 4) is 11.1 Å². The van der Waals surface area contributed by atoms with Crippen molar-refractivity contribution in [3.63, 3.8) is 0 Å². The monoisotopic (exact) mass is 472 g/mol. The molecule has 5 rings (SSSR count). The Labute approximate surface area is 202 Å². The van der Waals surface area contributed by atoms with Crippen LogP contribution in [0.4, 0.5) is 5.95 Å². The summed E-state index contributed by atoms with van der Waals surface area (Å²) in [6, 6.07) is 16.5. The van der Waals surface area contributed by atoms with Gasteiger partial charge in [-0.1, -0.05) is 59.7 Å². The number of amides is 1. The van der Waals surface area contributed by atoms with Crippen molar-refractivity contribution >= 4 is 33.4 Å². The molecule has 3 heterocycles. The van der Waals surface area contributed by atoms with Gasteiger partial charge in [-0.25, -0.2) is 4.98 Å². The number of rotatable bonds is 5. The van der Waals surface area contributed by atoms with Crippen LogP contribution in [0.3, 0.4) is 0 Å². The molecule has 1 amide bonds. The van der Waals surface area contributed by atoms with Crippen LogP contribution in [0.1, 0.15) is 29.5 Å². The zero-order chi connectivity index (χ0) is 23.7. The molecule has 1 aliphatic rings. The van der Waals surface area contributed by atoms with Crippen LogP contribution in [0.2, 0.25) is 0 Å². The smallest absolute Gasteiger partial charge is 0.270 e. The average Bonchev–Trinajstić information content (AvgIpc) is 3.28. The van der Waals surface area contributed by atoms with Gasteiger partial charge in [0.1, 0.15) is 4.70 Å². The highest BCUT2D eigenvalue weighted by molar-refractivity contribution is 7.17. The molecule has 2 aromatic carbocycles. The average molecular weight is 473 g/mol. The summed E-state index contributed by atoms with van der Waals surface area (Å²) < 4.78 is 0.644. The van der Waals surface area contributed by atoms with Crippen molar-refractivity contribution in [1.29, 1.82) is 0 Å². The van der Waals surface area contributed by atoms with Gasteiger partial charge in [-0.05, 0) is 37.8 Å². The number of aromatic nitrogens is 2. The van der Waals surface area contributed by atoms with E-state index in [0.29, 0.717) is 30.3 Å². The second-order valence-corrected chi connectivity index (χ2v) is 9.93. The molecule has 2 N–H and O–H groups in total. The summed E-state index contributed by atoms with van der Waals surface area (Å²) in [4.78, 5) is 35.4. The molecule has 1 fully saturated rings. The van der Waals surface area contributed by atoms with E-state index in [0.717, 1.165) is 35.0 Å². The maximum absolute atomic E-state index is 12.8. The maximum atomic E-state index is 12.8. The van der Waals surface area contributed by atoms with Crippen LogP contribution >= 0.6 is 11.3 Å². The molecule has 2 aromatic heterocycles. The molecule has 0 saturated carbocycles. The van der Waals surface area contributed by atoms with Crippen LogP contribution in [-0.2, 0) is 11.3 Å². The first kappa shape index (κ1) is 22.3. The Morgan fingerprint density at radius 2 is 1.88 bits per heavy atom. The minimum atomic E-state index is -0.109. The fourth-order valence-corrected chi connectivity index (χ4v) is 5.38. The van der Waals surface area contributed by atoms with E-state index in [1.54, 1.807) is 0 Å². The second-order valence-electron chi connectivity index (χ2n) is 9.05. The lowest BCUT2D eigenvalue weighted by molar-refractivity contribution is -0.125. The summed E-state index contributed by atoms with van der Waals surface area (Å²) in [5.74, 6) is 0.654. The molecule has 0 radical (unpaired) electrons. The minimum Gasteiger partial charge on any atom is -0.352 e. The van der Waals surface area contributed by atoms with E-state index in [1.807, 2.05) is 23.6 Å². The molecule has 34 heavy (non-hydrogen) atoms. The van der Waals surface area contributed by atoms with E-state index in [2.05, 4.69) is 59.4 Å². The van der Waals surface area contributed by atoms with Crippen LogP contribution in [0.5, 0.6) is 0 Å². The third-order valence-corrected chi connectivity index (χ3v) is 7.46. The molecule has 6 nitrogen and oxygen atoms in total. The lowest BCUT2D eigenvalue weighted by Crippen LogP contribution is -2.41. The number of hydrogen-bond donors (Lipinski definition) is 2. The van der Waals surface area contributed by atoms with Crippen LogP contribution in [0.15, 0.2) is 58.7 Å². The Balaban J connectivity index is 1.28. The first-order chi connectivity index (χ1) is 16.5. The number of thiophene rings is 1. The molecule has 0 bridgehead atoms. The molecule has 4 aromatic rings. The Bertz CT molecular complexity index is 1380. The van der Waals surface area contributed by atoms with Crippen LogP contribution < -0.4 is 15.8 Å². The lowest BCUT2D eigenvalue weighted by atomic mass is 9.96. The van der Waals surface area contributed by atoms with Crippen molar-refractivity contribution in [2.75, 3.05) is 18.0 Å². The number of anilines is 1. The fourth-order valence-electron chi connectivity index (χ4n) is 4.48. The Kier molecular flexibility index (Phi) is 6.20. The summed E-state index contributed by atoms with van der Waals surface area (Å²) in [6.45, 7) is 6.02. The molecule has 0 unspecified atom stereocenters. The van der Waals surface area contributed by atoms with Gasteiger partial charge < -0.3 is 10.2 Å². The van der Waals surface area contributed by atoms with E-state index >= 15 is 0 Å². The largest absolute Gasteiger partial charge is 0.352 e. The van der Waals surface area contributed by atoms with Gasteiger partial charge in [-0.15, -0.1) is 11.3 Å². The molecular weight excluding hydrogens is 444 g/mol. The van der Waals surface area contributed by atoms with Gasteiger partial charge >= 0.3 is 0 Å². The molecule has 0 atom stereocenters. The SMILES string of the molecule is Cc1ccc(CNC(=O)C2CCN(c3nc4c(-c5cccc(C)c5)csc4c(=O)[nH]3)CC2)cc1. The number of carbonyl (C=O) groups excluding carboxylic acids is 1. The summed E-state index contributed by atoms with van der Waals surface area (Å²) in [5, 5.41) is 5.08. The Hall–Kier alpha value is -3.45. The molecule has 1 aliphatic heterocycles. The van der Waals surface area contributed by atoms with Crippen molar-refractivity contribution in [2.45, 2.75) is 33.2 Å². The van der Waals surface area contributed by atoms with Gasteiger partial charge in [0.15, 0.2) is 0 Å². The van der Waals surface area contributed by atoms with Gasteiger partial charge in [0.05, 0.1) is 5.52 Å². The van der Waals surface area contributed by atoms with E-state index in [9.17, 15) is 9.59 Å². The van der Waals surface area contributed by atoms with Crippen molar-refractivity contribution < 1.29 is 4.79 Å². The van der Waals surface area contributed by atoms with Gasteiger partial charge in [0.2, 0.25) is 11.9 Å². The number of nitrogens with zero attached hydrogens (tertiary/aromatic N) is 2. The van der Waals surface area contributed by atoms with E-state index in [-0.39, 0.29) is 17.4 Å². The molecule has 174 valence electrons. The zero-order valence-corrected chi connectivity index (χ0v) is 20.2. The predicted octanol–water partition coefficient (Wildman–Crippen LogP) is 4.80. The number of nitrogens with one attached hydrogen (secondary N) is 2. The lowest BCUT2D eigenvalue weighted by Gasteiger charge is -2.31. The number of carbonyl (C=O) groups is 1. The van der Waals surface area contributed by atoms with Gasteiger partial charge in [0, 0.05) is 36.5 Å². The second kappa shape index (κ2) is 9.43. The highest BCUT2D eigenvalue weighted by atomic mass is 32.1. The number of H-pyrrole nitrogens is 1. The summed E-state index contributed by atoms with van der Waals surface area (Å²) >= 11 is 1.43. The summed E-state index contributed by atoms with van der Waals surface area (Å²) in [6.07, 6.45) is 1.46. The number of fused-ring (bicyclic) bond motifs is 1. The first-order valence-electron chi connectivity index (χ1n) is 11.6. The Morgan fingerprint density at radius 1 is 1.12 bits per heavy atom. The van der Waals surface area contributed by atoms with Crippen LogP contribution in [0.25, 0.3) is 21.3 Å². The predicted molar refractivity (Wildman–Crippen MR) is 138 cm³/mol. The van der Waals surface area contributed by atoms with Crippen molar-refractivity contribution in [2.24, 2.45) is 5.92 Å². The van der Waals surface area contributed by atoms with Crippen molar-refractivity contribution in [1.82, 2.24) is 15.3 Å². The number of aryl methyl sites for hydroxylation is 2. The van der Waals surface area contributed by atoms with Gasteiger partial charge in [-0.3, -0.25) is 14.6 Å². The van der Waals surface area contributed by atoms with E-state index < -0.39 is 0 Å². The quantitative estimate of drug-likeness (QED) is 0.437. The molecule has 0 aliphatic carbocycles. The number of aromatic amines is 1. The maximum Gasteiger partial charge on any atom is 0.270 e. The van der Waals surface area contributed by atoms with Crippen LogP contribution in [-0.4, -0.2) is 29.0 Å². The molecular formula is C27H28N4O2S. The van der Waals surface area contributed by atoms with Gasteiger partial charge in [0.25, 0.3) is 5.56 Å². The zero-order valence-electron chi connectivity index (χ0n) is 19.4. The van der Waals surface area contributed by atoms with Crippen LogP contribution in [0, 0.1) is 19.8 Å². The number of piperidine rings is 1. The fraction of sp³-hybridized carbons (Fsp3) is 0.296. The summed E-state index contributed by atoms with van der Waals surface area (Å²) in [5.41, 5.74) is 6.17. The van der Waals surface area contributed by atoms with E-state index in [4.69, 9.17) is 4.98 Å². The summed E-state index contributed by atoms with van der Waals surface area (Å²) in [7, 11) is 0. The first-order valence-corrected chi connectivity index (χ1v) is 12.5. The third-order valence-electron chi connectivity index (χ3n) is 6.50. The third kappa shape index (κ3) is 4.61. The highest BCUT2D eigenvalue weighted by Crippen LogP contribution is 2.32. The topological polar surface area (TPSA) is 78.1 Å². The number of hydrogen-bond acceptors (Lipinski definition) is 5. The molecule has 7 heteroatoms. The van der Waals surface area contributed by atoms with Crippen molar-refractivity contribution in [3.05, 3.63) is 81.0 Å². The standard InChI is InChI=1S/C27H28N4O2S/c1-17-6-8-19(9-7-17)15-28-25(32)20-10-12-31(13-11-20)27-29-23-22(16-34-24(23)26(33)30-27)21-5-3-4-18(2)14-21/h3-9,14,16,20H,10-13,15H2,1-2H3,(H,28,32)(H,29,30,33). The minimum absolute atomic E-state index is 0.0267.